The van der Waals surface area contributed by atoms with Crippen LogP contribution in [0.3, 0.4) is 0 Å². The fourth-order valence-corrected chi connectivity index (χ4v) is 8.88. The van der Waals surface area contributed by atoms with Gasteiger partial charge in [0.2, 0.25) is 5.91 Å². The summed E-state index contributed by atoms with van der Waals surface area (Å²) in [6, 6.07) is 8.73. The Hall–Kier alpha value is -1.79. The van der Waals surface area contributed by atoms with Gasteiger partial charge in [-0.3, -0.25) is 4.79 Å². The van der Waals surface area contributed by atoms with Gasteiger partial charge < -0.3 is 15.1 Å². The van der Waals surface area contributed by atoms with Gasteiger partial charge in [0.15, 0.2) is 0 Å². The molecule has 1 saturated heterocycles. The zero-order valence-corrected chi connectivity index (χ0v) is 31.8. The molecule has 246 valence electrons. The summed E-state index contributed by atoms with van der Waals surface area (Å²) in [5, 5.41) is 22.8. The van der Waals surface area contributed by atoms with Crippen LogP contribution in [-0.2, 0) is 26.5 Å². The summed E-state index contributed by atoms with van der Waals surface area (Å²) in [5.41, 5.74) is 2.55. The molecular formula is C38H59NO3S2. The molecular weight excluding hydrogens is 583 g/mol. The van der Waals surface area contributed by atoms with E-state index in [9.17, 15) is 15.0 Å². The van der Waals surface area contributed by atoms with Crippen LogP contribution in [0.2, 0.25) is 0 Å². The first-order valence-electron chi connectivity index (χ1n) is 16.1. The lowest BCUT2D eigenvalue weighted by molar-refractivity contribution is -0.140. The van der Waals surface area contributed by atoms with E-state index >= 15 is 0 Å². The number of benzene rings is 2. The van der Waals surface area contributed by atoms with Crippen molar-refractivity contribution in [3.05, 3.63) is 46.5 Å². The van der Waals surface area contributed by atoms with E-state index in [0.29, 0.717) is 24.6 Å². The first-order chi connectivity index (χ1) is 19.7. The van der Waals surface area contributed by atoms with Gasteiger partial charge in [-0.1, -0.05) is 104 Å². The lowest BCUT2D eigenvalue weighted by Crippen LogP contribution is -2.47. The molecule has 0 spiro atoms. The molecule has 2 aromatic rings. The average molecular weight is 642 g/mol. The van der Waals surface area contributed by atoms with Gasteiger partial charge in [0.25, 0.3) is 0 Å². The van der Waals surface area contributed by atoms with Crippen molar-refractivity contribution in [1.29, 1.82) is 0 Å². The fourth-order valence-electron chi connectivity index (χ4n) is 5.80. The Bertz CT molecular complexity index is 1210. The van der Waals surface area contributed by atoms with Crippen LogP contribution in [0.5, 0.6) is 11.5 Å². The van der Waals surface area contributed by atoms with E-state index in [1.165, 1.54) is 0 Å². The predicted molar refractivity (Wildman–Crippen MR) is 191 cm³/mol. The van der Waals surface area contributed by atoms with Gasteiger partial charge in [0.05, 0.1) is 4.08 Å². The minimum Gasteiger partial charge on any atom is -0.507 e. The van der Waals surface area contributed by atoms with E-state index in [4.69, 9.17) is 0 Å². The van der Waals surface area contributed by atoms with Gasteiger partial charge in [0, 0.05) is 50.5 Å². The van der Waals surface area contributed by atoms with Crippen LogP contribution in [0.4, 0.5) is 0 Å². The van der Waals surface area contributed by atoms with Crippen molar-refractivity contribution in [3.8, 4) is 11.5 Å². The van der Waals surface area contributed by atoms with Crippen LogP contribution in [-0.4, -0.2) is 38.2 Å². The molecule has 3 rings (SSSR count). The molecule has 0 saturated carbocycles. The highest BCUT2D eigenvalue weighted by molar-refractivity contribution is 8.18. The second-order valence-corrected chi connectivity index (χ2v) is 21.1. The Morgan fingerprint density at radius 3 is 1.09 bits per heavy atom. The Labute approximate surface area is 277 Å². The van der Waals surface area contributed by atoms with E-state index in [-0.39, 0.29) is 31.6 Å². The van der Waals surface area contributed by atoms with Crippen molar-refractivity contribution < 1.29 is 15.0 Å². The molecule has 6 heteroatoms. The van der Waals surface area contributed by atoms with E-state index in [1.54, 1.807) is 0 Å². The van der Waals surface area contributed by atoms with Crippen LogP contribution >= 0.6 is 23.5 Å². The number of likely N-dealkylation sites (tertiary alicyclic amines) is 1. The number of aromatic hydroxyl groups is 2. The smallest absolute Gasteiger partial charge is 0.227 e. The van der Waals surface area contributed by atoms with Gasteiger partial charge in [-0.2, -0.15) is 0 Å². The van der Waals surface area contributed by atoms with Gasteiger partial charge >= 0.3 is 0 Å². The lowest BCUT2D eigenvalue weighted by Gasteiger charge is -2.43. The van der Waals surface area contributed by atoms with Crippen molar-refractivity contribution in [2.24, 2.45) is 5.41 Å². The zero-order valence-electron chi connectivity index (χ0n) is 30.2. The highest BCUT2D eigenvalue weighted by Crippen LogP contribution is 2.55. The number of hydrogen-bond donors (Lipinski definition) is 2. The molecule has 1 fully saturated rings. The maximum atomic E-state index is 13.3. The quantitative estimate of drug-likeness (QED) is 0.325. The Kier molecular flexibility index (Phi) is 10.1. The number of rotatable bonds is 4. The zero-order chi connectivity index (χ0) is 33.8. The van der Waals surface area contributed by atoms with Gasteiger partial charge in [-0.15, -0.1) is 23.5 Å². The van der Waals surface area contributed by atoms with Crippen molar-refractivity contribution in [1.82, 2.24) is 4.90 Å². The number of carbonyl (C=O) groups excluding carboxylic acids is 1. The summed E-state index contributed by atoms with van der Waals surface area (Å²) in [4.78, 5) is 17.6. The van der Waals surface area contributed by atoms with Crippen molar-refractivity contribution in [2.75, 3.05) is 13.1 Å². The lowest BCUT2D eigenvalue weighted by atomic mass is 9.79. The van der Waals surface area contributed by atoms with Gasteiger partial charge in [-0.25, -0.2) is 0 Å². The molecule has 2 N–H and O–H groups in total. The summed E-state index contributed by atoms with van der Waals surface area (Å²) < 4.78 is -0.239. The molecule has 1 amide bonds. The molecule has 2 aromatic carbocycles. The van der Waals surface area contributed by atoms with E-state index in [0.717, 1.165) is 44.9 Å². The molecule has 0 atom stereocenters. The van der Waals surface area contributed by atoms with Crippen molar-refractivity contribution >= 4 is 29.4 Å². The molecule has 0 aromatic heterocycles. The number of thioether (sulfide) groups is 2. The van der Waals surface area contributed by atoms with Crippen molar-refractivity contribution in [3.63, 3.8) is 0 Å². The number of phenols is 2. The van der Waals surface area contributed by atoms with E-state index < -0.39 is 5.41 Å². The first-order valence-corrected chi connectivity index (χ1v) is 17.7. The molecule has 0 unspecified atom stereocenters. The highest BCUT2D eigenvalue weighted by atomic mass is 32.2. The molecule has 0 radical (unpaired) electrons. The van der Waals surface area contributed by atoms with Crippen LogP contribution in [0.25, 0.3) is 0 Å². The highest BCUT2D eigenvalue weighted by Gasteiger charge is 2.41. The SMILES string of the molecule is CC(C)(C)C(=O)N1CCC(Sc2cc(C(C)(C)C)c(O)c(C(C)(C)C)c2)(Sc2cc(C(C)(C)C)c(O)c(C(C)(C)C)c2)CC1. The summed E-state index contributed by atoms with van der Waals surface area (Å²) in [6.07, 6.45) is 1.66. The summed E-state index contributed by atoms with van der Waals surface area (Å²) in [6.45, 7) is 33.3. The monoisotopic (exact) mass is 641 g/mol. The Morgan fingerprint density at radius 2 is 0.864 bits per heavy atom. The molecule has 44 heavy (non-hydrogen) atoms. The minimum atomic E-state index is -0.416. The second-order valence-electron chi connectivity index (χ2n) is 17.9. The summed E-state index contributed by atoms with van der Waals surface area (Å²) in [5.74, 6) is 0.986. The van der Waals surface area contributed by atoms with Crippen LogP contribution in [0.15, 0.2) is 34.1 Å². The molecule has 0 bridgehead atoms. The third-order valence-corrected chi connectivity index (χ3v) is 11.5. The van der Waals surface area contributed by atoms with Crippen molar-refractivity contribution in [2.45, 2.75) is 152 Å². The number of nitrogens with zero attached hydrogens (tertiary/aromatic N) is 1. The second kappa shape index (κ2) is 12.1. The summed E-state index contributed by atoms with van der Waals surface area (Å²) in [7, 11) is 0. The van der Waals surface area contributed by atoms with Crippen LogP contribution in [0, 0.1) is 5.41 Å². The molecule has 1 heterocycles. The number of piperidine rings is 1. The predicted octanol–water partition coefficient (Wildman–Crippen LogP) is 10.5. The normalized spacial score (nSPS) is 16.8. The van der Waals surface area contributed by atoms with E-state index in [2.05, 4.69) is 107 Å². The maximum absolute atomic E-state index is 13.3. The van der Waals surface area contributed by atoms with E-state index in [1.807, 2.05) is 49.2 Å². The van der Waals surface area contributed by atoms with Crippen LogP contribution < -0.4 is 0 Å². The number of carbonyl (C=O) groups is 1. The molecule has 4 nitrogen and oxygen atoms in total. The maximum Gasteiger partial charge on any atom is 0.227 e. The Morgan fingerprint density at radius 1 is 0.591 bits per heavy atom. The third kappa shape index (κ3) is 8.32. The first kappa shape index (κ1) is 36.7. The number of phenolic OH excluding ortho intramolecular Hbond substituents is 2. The van der Waals surface area contributed by atoms with Crippen LogP contribution in [0.1, 0.15) is 139 Å². The minimum absolute atomic E-state index is 0.199. The molecule has 0 aliphatic carbocycles. The fraction of sp³-hybridized carbons (Fsp3) is 0.658. The number of hydrogen-bond acceptors (Lipinski definition) is 5. The number of amides is 1. The average Bonchev–Trinajstić information content (AvgIpc) is 2.82. The topological polar surface area (TPSA) is 60.8 Å². The largest absolute Gasteiger partial charge is 0.507 e. The van der Waals surface area contributed by atoms with Gasteiger partial charge in [-0.05, 0) is 58.8 Å². The molecule has 1 aliphatic heterocycles. The van der Waals surface area contributed by atoms with Gasteiger partial charge in [0.1, 0.15) is 11.5 Å². The third-order valence-electron chi connectivity index (χ3n) is 8.46. The Balaban J connectivity index is 2.20. The summed E-state index contributed by atoms with van der Waals surface area (Å²) >= 11 is 3.76. The standard InChI is InChI=1S/C38H59NO3S2/c1-33(2,3)26-20-24(21-27(30(26)40)34(4,5)6)43-38(16-18-39(19-17-38)32(42)37(13,14)15)44-25-22-28(35(7,8)9)31(41)29(23-25)36(10,11)12/h20-23,40-41H,16-19H2,1-15H3. The molecule has 1 aliphatic rings.